The zero-order valence-corrected chi connectivity index (χ0v) is 21.7. The topological polar surface area (TPSA) is 105 Å². The molecule has 3 aromatic carbocycles. The normalized spacial score (nSPS) is 11.0. The Hall–Kier alpha value is -2.90. The van der Waals surface area contributed by atoms with Gasteiger partial charge in [-0.15, -0.1) is 0 Å². The van der Waals surface area contributed by atoms with Gasteiger partial charge in [-0.3, -0.25) is 14.9 Å². The molecule has 0 aliphatic heterocycles. The van der Waals surface area contributed by atoms with Gasteiger partial charge in [-0.05, 0) is 91.5 Å². The van der Waals surface area contributed by atoms with E-state index in [1.54, 1.807) is 30.3 Å². The number of nitro benzene ring substituents is 1. The van der Waals surface area contributed by atoms with E-state index >= 15 is 0 Å². The highest BCUT2D eigenvalue weighted by molar-refractivity contribution is 9.11. The van der Waals surface area contributed by atoms with Crippen LogP contribution in [0.2, 0.25) is 10.0 Å². The van der Waals surface area contributed by atoms with Gasteiger partial charge in [-0.25, -0.2) is 0 Å². The van der Waals surface area contributed by atoms with Crippen molar-refractivity contribution >= 4 is 84.0 Å². The zero-order chi connectivity index (χ0) is 24.8. The number of non-ortho nitro benzene ring substituents is 1. The Balaban J connectivity index is 1.73. The lowest BCUT2D eigenvalue weighted by molar-refractivity contribution is -0.384. The van der Waals surface area contributed by atoms with E-state index < -0.39 is 10.8 Å². The highest BCUT2D eigenvalue weighted by atomic mass is 79.9. The summed E-state index contributed by atoms with van der Waals surface area (Å²) in [5, 5.41) is 23.7. The van der Waals surface area contributed by atoms with Gasteiger partial charge >= 0.3 is 0 Å². The molecule has 0 saturated heterocycles. The number of nitro groups is 1. The van der Waals surface area contributed by atoms with Crippen molar-refractivity contribution in [2.45, 2.75) is 0 Å². The number of hydrogen-bond acceptors (Lipinski definition) is 5. The molecule has 0 aliphatic rings. The molecule has 3 rings (SSSR count). The van der Waals surface area contributed by atoms with Crippen LogP contribution in [0.25, 0.3) is 11.6 Å². The predicted octanol–water partition coefficient (Wildman–Crippen LogP) is 7.51. The third kappa shape index (κ3) is 6.58. The van der Waals surface area contributed by atoms with E-state index in [-0.39, 0.29) is 12.3 Å². The number of hydrogen-bond donors (Lipinski definition) is 1. The molecule has 172 valence electrons. The van der Waals surface area contributed by atoms with Crippen LogP contribution >= 0.6 is 55.1 Å². The smallest absolute Gasteiger partial charge is 0.269 e. The minimum absolute atomic E-state index is 0.0590. The fourth-order valence-corrected chi connectivity index (χ4v) is 4.57. The van der Waals surface area contributed by atoms with E-state index in [0.29, 0.717) is 47.1 Å². The van der Waals surface area contributed by atoms with Gasteiger partial charge in [0.1, 0.15) is 5.75 Å². The van der Waals surface area contributed by atoms with Crippen LogP contribution in [-0.2, 0) is 4.79 Å². The molecule has 3 aromatic rings. The average molecular weight is 626 g/mol. The number of anilines is 1. The Labute approximate surface area is 221 Å². The number of carbonyl (C=O) groups excluding carboxylic acids is 1. The fraction of sp³-hybridized carbons (Fsp3) is 0.0435. The van der Waals surface area contributed by atoms with Crippen LogP contribution in [0.3, 0.4) is 0 Å². The molecular formula is C23H13Br2Cl2N3O4. The van der Waals surface area contributed by atoms with Gasteiger partial charge in [-0.2, -0.15) is 5.26 Å². The standard InChI is InChI=1S/C23H13Br2Cl2N3O4/c24-18-8-13(7-15(11-28)14-1-4-17(5-2-14)30(32)33)9-19(25)23(18)34-12-22(31)29-16-3-6-20(26)21(27)10-16/h1-10H,12H2,(H,29,31)/b15-7+. The minimum atomic E-state index is -0.503. The summed E-state index contributed by atoms with van der Waals surface area (Å²) in [6.45, 7) is -0.265. The number of halogens is 4. The molecule has 0 unspecified atom stereocenters. The molecule has 0 radical (unpaired) electrons. The Morgan fingerprint density at radius 2 is 1.74 bits per heavy atom. The van der Waals surface area contributed by atoms with Crippen molar-refractivity contribution in [1.29, 1.82) is 5.26 Å². The first-order chi connectivity index (χ1) is 16.2. The molecule has 1 amide bonds. The van der Waals surface area contributed by atoms with E-state index in [4.69, 9.17) is 27.9 Å². The van der Waals surface area contributed by atoms with Crippen molar-refractivity contribution in [3.8, 4) is 11.8 Å². The van der Waals surface area contributed by atoms with Crippen molar-refractivity contribution in [3.63, 3.8) is 0 Å². The number of rotatable bonds is 7. The van der Waals surface area contributed by atoms with E-state index in [9.17, 15) is 20.2 Å². The van der Waals surface area contributed by atoms with Gasteiger partial charge in [0, 0.05) is 17.8 Å². The summed E-state index contributed by atoms with van der Waals surface area (Å²) in [4.78, 5) is 22.6. The van der Waals surface area contributed by atoms with Crippen molar-refractivity contribution in [2.24, 2.45) is 0 Å². The van der Waals surface area contributed by atoms with Crippen molar-refractivity contribution < 1.29 is 14.5 Å². The molecule has 0 saturated carbocycles. The van der Waals surface area contributed by atoms with E-state index in [0.717, 1.165) is 0 Å². The maximum absolute atomic E-state index is 12.2. The van der Waals surface area contributed by atoms with Gasteiger partial charge < -0.3 is 10.1 Å². The maximum Gasteiger partial charge on any atom is 0.269 e. The molecule has 0 bridgehead atoms. The van der Waals surface area contributed by atoms with Crippen LogP contribution in [0.5, 0.6) is 5.75 Å². The number of allylic oxidation sites excluding steroid dienone is 1. The molecular weight excluding hydrogens is 613 g/mol. The van der Waals surface area contributed by atoms with E-state index in [1.165, 1.54) is 30.3 Å². The molecule has 0 aromatic heterocycles. The van der Waals surface area contributed by atoms with Crippen LogP contribution in [-0.4, -0.2) is 17.4 Å². The van der Waals surface area contributed by atoms with E-state index in [1.807, 2.05) is 0 Å². The predicted molar refractivity (Wildman–Crippen MR) is 139 cm³/mol. The van der Waals surface area contributed by atoms with Gasteiger partial charge in [0.15, 0.2) is 6.61 Å². The third-order valence-electron chi connectivity index (χ3n) is 4.39. The second kappa shape index (κ2) is 11.5. The highest BCUT2D eigenvalue weighted by Gasteiger charge is 2.13. The summed E-state index contributed by atoms with van der Waals surface area (Å²) in [7, 11) is 0. The first-order valence-corrected chi connectivity index (χ1v) is 11.8. The largest absolute Gasteiger partial charge is 0.481 e. The zero-order valence-electron chi connectivity index (χ0n) is 17.0. The fourth-order valence-electron chi connectivity index (χ4n) is 2.82. The Morgan fingerprint density at radius 1 is 1.09 bits per heavy atom. The summed E-state index contributed by atoms with van der Waals surface area (Å²) < 4.78 is 6.75. The highest BCUT2D eigenvalue weighted by Crippen LogP contribution is 2.36. The molecule has 1 N–H and O–H groups in total. The summed E-state index contributed by atoms with van der Waals surface area (Å²) in [6, 6.07) is 16.0. The molecule has 0 heterocycles. The number of amides is 1. The molecule has 11 heteroatoms. The van der Waals surface area contributed by atoms with Crippen molar-refractivity contribution in [2.75, 3.05) is 11.9 Å². The number of nitrogens with zero attached hydrogens (tertiary/aromatic N) is 2. The number of benzene rings is 3. The van der Waals surface area contributed by atoms with E-state index in [2.05, 4.69) is 43.2 Å². The Bertz CT molecular complexity index is 1320. The summed E-state index contributed by atoms with van der Waals surface area (Å²) in [5.41, 5.74) is 1.96. The molecule has 0 aliphatic carbocycles. The van der Waals surface area contributed by atoms with Gasteiger partial charge in [0.25, 0.3) is 11.6 Å². The lowest BCUT2D eigenvalue weighted by atomic mass is 10.0. The number of ether oxygens (including phenoxy) is 1. The Kier molecular flexibility index (Phi) is 8.69. The lowest BCUT2D eigenvalue weighted by Gasteiger charge is -2.12. The van der Waals surface area contributed by atoms with Gasteiger partial charge in [0.2, 0.25) is 0 Å². The quantitative estimate of drug-likeness (QED) is 0.127. The number of nitriles is 1. The lowest BCUT2D eigenvalue weighted by Crippen LogP contribution is -2.20. The minimum Gasteiger partial charge on any atom is -0.481 e. The second-order valence-corrected chi connectivity index (χ2v) is 9.28. The van der Waals surface area contributed by atoms with Crippen LogP contribution in [0.1, 0.15) is 11.1 Å². The maximum atomic E-state index is 12.2. The molecule has 34 heavy (non-hydrogen) atoms. The van der Waals surface area contributed by atoms with Crippen LogP contribution in [0, 0.1) is 21.4 Å². The molecule has 0 spiro atoms. The molecule has 7 nitrogen and oxygen atoms in total. The van der Waals surface area contributed by atoms with Gasteiger partial charge in [0.05, 0.1) is 35.6 Å². The SMILES string of the molecule is N#C/C(=C\c1cc(Br)c(OCC(=O)Nc2ccc(Cl)c(Cl)c2)c(Br)c1)c1ccc([N+](=O)[O-])cc1. The van der Waals surface area contributed by atoms with Crippen LogP contribution in [0.4, 0.5) is 11.4 Å². The average Bonchev–Trinajstić information content (AvgIpc) is 2.79. The summed E-state index contributed by atoms with van der Waals surface area (Å²) in [6.07, 6.45) is 1.64. The second-order valence-electron chi connectivity index (χ2n) is 6.75. The van der Waals surface area contributed by atoms with Crippen LogP contribution < -0.4 is 10.1 Å². The third-order valence-corrected chi connectivity index (χ3v) is 6.31. The van der Waals surface area contributed by atoms with Crippen LogP contribution in [0.15, 0.2) is 63.5 Å². The first kappa shape index (κ1) is 25.7. The summed E-state index contributed by atoms with van der Waals surface area (Å²) >= 11 is 18.7. The van der Waals surface area contributed by atoms with Gasteiger partial charge in [-0.1, -0.05) is 23.2 Å². The number of nitrogens with one attached hydrogen (secondary N) is 1. The Morgan fingerprint density at radius 3 is 2.29 bits per heavy atom. The monoisotopic (exact) mass is 623 g/mol. The summed E-state index contributed by atoms with van der Waals surface area (Å²) in [5.74, 6) is 0.00128. The molecule has 0 fully saturated rings. The first-order valence-electron chi connectivity index (χ1n) is 9.41. The number of carbonyl (C=O) groups is 1. The van der Waals surface area contributed by atoms with Crippen molar-refractivity contribution in [1.82, 2.24) is 0 Å². The van der Waals surface area contributed by atoms with Crippen molar-refractivity contribution in [3.05, 3.63) is 94.8 Å². The molecule has 0 atom stereocenters.